The van der Waals surface area contributed by atoms with Gasteiger partial charge in [0.15, 0.2) is 0 Å². The van der Waals surface area contributed by atoms with Gasteiger partial charge in [0.05, 0.1) is 18.8 Å². The zero-order chi connectivity index (χ0) is 18.1. The van der Waals surface area contributed by atoms with Crippen molar-refractivity contribution in [2.45, 2.75) is 31.7 Å². The molecule has 2 aromatic rings. The molecule has 1 amide bonds. The van der Waals surface area contributed by atoms with E-state index >= 15 is 0 Å². The normalized spacial score (nSPS) is 22.4. The third-order valence-electron chi connectivity index (χ3n) is 4.80. The van der Waals surface area contributed by atoms with Gasteiger partial charge in [-0.25, -0.2) is 0 Å². The van der Waals surface area contributed by atoms with Crippen molar-refractivity contribution in [2.75, 3.05) is 13.2 Å². The molecule has 0 spiro atoms. The minimum Gasteiger partial charge on any atom is -0.487 e. The average Bonchev–Trinajstić information content (AvgIpc) is 2.96. The Labute approximate surface area is 160 Å². The standard InChI is InChI=1S/C20H20BrNO4/c21-15-6-4-13(5-7-15)10-22-11-14-2-1-3-18(19(14)20(22)24)26-17-8-9-25-12-16(17)23/h1-7,16-17,23H,8-12H2/t16-,17-/m0/s1. The summed E-state index contributed by atoms with van der Waals surface area (Å²) in [6, 6.07) is 13.6. The third-order valence-corrected chi connectivity index (χ3v) is 5.33. The largest absolute Gasteiger partial charge is 0.487 e. The van der Waals surface area contributed by atoms with Crippen LogP contribution in [0, 0.1) is 0 Å². The SMILES string of the molecule is O=C1c2c(cccc2O[C@H]2CCOC[C@@H]2O)CN1Cc1ccc(Br)cc1. The van der Waals surface area contributed by atoms with Gasteiger partial charge in [0, 0.05) is 24.0 Å². The molecule has 0 radical (unpaired) electrons. The van der Waals surface area contributed by atoms with Gasteiger partial charge in [0.25, 0.3) is 5.91 Å². The van der Waals surface area contributed by atoms with E-state index in [0.29, 0.717) is 37.4 Å². The van der Waals surface area contributed by atoms with Crippen LogP contribution in [-0.4, -0.2) is 41.3 Å². The van der Waals surface area contributed by atoms with Crippen LogP contribution in [0.3, 0.4) is 0 Å². The van der Waals surface area contributed by atoms with Gasteiger partial charge in [0.2, 0.25) is 0 Å². The summed E-state index contributed by atoms with van der Waals surface area (Å²) < 4.78 is 12.3. The Morgan fingerprint density at radius 3 is 2.81 bits per heavy atom. The van der Waals surface area contributed by atoms with E-state index in [9.17, 15) is 9.90 Å². The number of aliphatic hydroxyl groups is 1. The van der Waals surface area contributed by atoms with Crippen LogP contribution in [0.15, 0.2) is 46.9 Å². The predicted molar refractivity (Wildman–Crippen MR) is 100 cm³/mol. The molecular weight excluding hydrogens is 398 g/mol. The highest BCUT2D eigenvalue weighted by Crippen LogP contribution is 2.33. The van der Waals surface area contributed by atoms with E-state index in [1.54, 1.807) is 0 Å². The molecule has 6 heteroatoms. The summed E-state index contributed by atoms with van der Waals surface area (Å²) in [6.07, 6.45) is -0.402. The zero-order valence-electron chi connectivity index (χ0n) is 14.2. The molecule has 2 heterocycles. The predicted octanol–water partition coefficient (Wildman–Crippen LogP) is 3.13. The molecule has 26 heavy (non-hydrogen) atoms. The van der Waals surface area contributed by atoms with Crippen LogP contribution in [0.4, 0.5) is 0 Å². The van der Waals surface area contributed by atoms with Crippen LogP contribution >= 0.6 is 15.9 Å². The number of aliphatic hydroxyl groups excluding tert-OH is 1. The van der Waals surface area contributed by atoms with E-state index in [2.05, 4.69) is 15.9 Å². The molecule has 2 atom stereocenters. The van der Waals surface area contributed by atoms with Crippen molar-refractivity contribution in [1.29, 1.82) is 0 Å². The first-order valence-corrected chi connectivity index (χ1v) is 9.49. The molecule has 136 valence electrons. The lowest BCUT2D eigenvalue weighted by molar-refractivity contribution is -0.0752. The van der Waals surface area contributed by atoms with Gasteiger partial charge in [-0.3, -0.25) is 4.79 Å². The topological polar surface area (TPSA) is 59.0 Å². The summed E-state index contributed by atoms with van der Waals surface area (Å²) in [5, 5.41) is 10.1. The van der Waals surface area contributed by atoms with E-state index in [1.165, 1.54) is 0 Å². The molecule has 0 aliphatic carbocycles. The van der Waals surface area contributed by atoms with Gasteiger partial charge in [-0.2, -0.15) is 0 Å². The van der Waals surface area contributed by atoms with Gasteiger partial charge in [0.1, 0.15) is 18.0 Å². The highest BCUT2D eigenvalue weighted by Gasteiger charge is 2.33. The Morgan fingerprint density at radius 2 is 2.04 bits per heavy atom. The van der Waals surface area contributed by atoms with Crippen LogP contribution in [-0.2, 0) is 17.8 Å². The highest BCUT2D eigenvalue weighted by molar-refractivity contribution is 9.10. The van der Waals surface area contributed by atoms with Gasteiger partial charge >= 0.3 is 0 Å². The number of hydrogen-bond donors (Lipinski definition) is 1. The summed E-state index contributed by atoms with van der Waals surface area (Å²) in [5.74, 6) is 0.525. The zero-order valence-corrected chi connectivity index (χ0v) is 15.8. The number of hydrogen-bond acceptors (Lipinski definition) is 4. The van der Waals surface area contributed by atoms with Crippen LogP contribution in [0.5, 0.6) is 5.75 Å². The second-order valence-corrected chi connectivity index (χ2v) is 7.58. The molecule has 0 unspecified atom stereocenters. The summed E-state index contributed by atoms with van der Waals surface area (Å²) in [4.78, 5) is 14.8. The lowest BCUT2D eigenvalue weighted by atomic mass is 10.1. The van der Waals surface area contributed by atoms with Gasteiger partial charge in [-0.1, -0.05) is 40.2 Å². The van der Waals surface area contributed by atoms with Crippen molar-refractivity contribution in [3.8, 4) is 5.75 Å². The second kappa shape index (κ2) is 7.39. The molecule has 5 nitrogen and oxygen atoms in total. The maximum absolute atomic E-state index is 13.0. The van der Waals surface area contributed by atoms with E-state index in [-0.39, 0.29) is 18.6 Å². The molecule has 1 N–H and O–H groups in total. The van der Waals surface area contributed by atoms with Gasteiger partial charge < -0.3 is 19.5 Å². The Morgan fingerprint density at radius 1 is 1.23 bits per heavy atom. The lowest BCUT2D eigenvalue weighted by Crippen LogP contribution is -2.40. The first kappa shape index (κ1) is 17.5. The summed E-state index contributed by atoms with van der Waals surface area (Å²) in [7, 11) is 0. The van der Waals surface area contributed by atoms with E-state index in [4.69, 9.17) is 9.47 Å². The quantitative estimate of drug-likeness (QED) is 0.829. The fraction of sp³-hybridized carbons (Fsp3) is 0.350. The molecule has 1 saturated heterocycles. The molecule has 2 aliphatic heterocycles. The first-order valence-electron chi connectivity index (χ1n) is 8.70. The summed E-state index contributed by atoms with van der Waals surface area (Å²) in [6.45, 7) is 1.95. The van der Waals surface area contributed by atoms with Crippen molar-refractivity contribution in [1.82, 2.24) is 4.90 Å². The highest BCUT2D eigenvalue weighted by atomic mass is 79.9. The average molecular weight is 418 g/mol. The maximum atomic E-state index is 13.0. The lowest BCUT2D eigenvalue weighted by Gasteiger charge is -2.28. The van der Waals surface area contributed by atoms with Crippen LogP contribution in [0.2, 0.25) is 0 Å². The second-order valence-electron chi connectivity index (χ2n) is 6.67. The maximum Gasteiger partial charge on any atom is 0.258 e. The first-order chi connectivity index (χ1) is 12.6. The van der Waals surface area contributed by atoms with Crippen molar-refractivity contribution in [3.63, 3.8) is 0 Å². The molecule has 0 saturated carbocycles. The van der Waals surface area contributed by atoms with Gasteiger partial charge in [-0.15, -0.1) is 0 Å². The van der Waals surface area contributed by atoms with E-state index < -0.39 is 6.10 Å². The summed E-state index contributed by atoms with van der Waals surface area (Å²) in [5.41, 5.74) is 2.66. The smallest absolute Gasteiger partial charge is 0.258 e. The van der Waals surface area contributed by atoms with Crippen molar-refractivity contribution in [2.24, 2.45) is 0 Å². The number of nitrogens with zero attached hydrogens (tertiary/aromatic N) is 1. The fourth-order valence-corrected chi connectivity index (χ4v) is 3.69. The number of rotatable bonds is 4. The summed E-state index contributed by atoms with van der Waals surface area (Å²) >= 11 is 3.43. The van der Waals surface area contributed by atoms with E-state index in [1.807, 2.05) is 47.4 Å². The Balaban J connectivity index is 1.53. The van der Waals surface area contributed by atoms with E-state index in [0.717, 1.165) is 15.6 Å². The molecule has 4 rings (SSSR count). The molecule has 0 bridgehead atoms. The number of amides is 1. The van der Waals surface area contributed by atoms with Gasteiger partial charge in [-0.05, 0) is 29.3 Å². The number of carbonyl (C=O) groups excluding carboxylic acids is 1. The molecule has 2 aromatic carbocycles. The minimum atomic E-state index is -0.671. The fourth-order valence-electron chi connectivity index (χ4n) is 3.43. The minimum absolute atomic E-state index is 0.0277. The third kappa shape index (κ3) is 3.49. The number of ether oxygens (including phenoxy) is 2. The number of carbonyl (C=O) groups is 1. The van der Waals surface area contributed by atoms with Crippen molar-refractivity contribution >= 4 is 21.8 Å². The molecule has 1 fully saturated rings. The van der Waals surface area contributed by atoms with Crippen LogP contribution in [0.25, 0.3) is 0 Å². The van der Waals surface area contributed by atoms with Crippen molar-refractivity contribution < 1.29 is 19.4 Å². The number of halogens is 1. The monoisotopic (exact) mass is 417 g/mol. The van der Waals surface area contributed by atoms with Crippen LogP contribution in [0.1, 0.15) is 27.9 Å². The van der Waals surface area contributed by atoms with Crippen LogP contribution < -0.4 is 4.74 Å². The Hall–Kier alpha value is -1.89. The number of benzene rings is 2. The molecule has 2 aliphatic rings. The molecular formula is C20H20BrNO4. The Kier molecular flexibility index (Phi) is 4.98. The molecule has 0 aromatic heterocycles. The van der Waals surface area contributed by atoms with Crippen molar-refractivity contribution in [3.05, 3.63) is 63.6 Å². The number of fused-ring (bicyclic) bond motifs is 1. The Bertz CT molecular complexity index is 808.